The zero-order valence-corrected chi connectivity index (χ0v) is 12.6. The van der Waals surface area contributed by atoms with Crippen LogP contribution in [0.2, 0.25) is 0 Å². The van der Waals surface area contributed by atoms with E-state index in [2.05, 4.69) is 49.3 Å². The number of rotatable bonds is 3. The third-order valence-electron chi connectivity index (χ3n) is 4.91. The van der Waals surface area contributed by atoms with Gasteiger partial charge < -0.3 is 9.73 Å². The van der Waals surface area contributed by atoms with E-state index in [1.54, 1.807) is 0 Å². The van der Waals surface area contributed by atoms with Crippen LogP contribution in [0.3, 0.4) is 0 Å². The maximum atomic E-state index is 6.00. The number of piperidine rings is 1. The monoisotopic (exact) mass is 272 g/mol. The van der Waals surface area contributed by atoms with Crippen molar-refractivity contribution in [3.63, 3.8) is 0 Å². The number of fused-ring (bicyclic) bond motifs is 1. The van der Waals surface area contributed by atoms with Crippen molar-refractivity contribution in [3.8, 4) is 0 Å². The molecule has 20 heavy (non-hydrogen) atoms. The Labute approximate surface area is 120 Å². The van der Waals surface area contributed by atoms with Crippen molar-refractivity contribution in [2.24, 2.45) is 0 Å². The third-order valence-corrected chi connectivity index (χ3v) is 4.91. The number of furan rings is 1. The van der Waals surface area contributed by atoms with E-state index >= 15 is 0 Å². The molecule has 0 spiro atoms. The molecular formula is C17H24N2O. The number of benzene rings is 1. The summed E-state index contributed by atoms with van der Waals surface area (Å²) >= 11 is 0. The Morgan fingerprint density at radius 3 is 2.60 bits per heavy atom. The van der Waals surface area contributed by atoms with E-state index in [4.69, 9.17) is 4.42 Å². The molecule has 0 bridgehead atoms. The fraction of sp³-hybridized carbons (Fsp3) is 0.529. The van der Waals surface area contributed by atoms with Gasteiger partial charge in [0.05, 0.1) is 6.04 Å². The van der Waals surface area contributed by atoms with Crippen molar-refractivity contribution in [1.82, 2.24) is 10.2 Å². The average molecular weight is 272 g/mol. The lowest BCUT2D eigenvalue weighted by atomic mass is 9.89. The lowest BCUT2D eigenvalue weighted by Crippen LogP contribution is -2.50. The van der Waals surface area contributed by atoms with Gasteiger partial charge in [-0.25, -0.2) is 0 Å². The van der Waals surface area contributed by atoms with E-state index in [0.29, 0.717) is 11.6 Å². The number of nitrogens with zero attached hydrogens (tertiary/aromatic N) is 1. The highest BCUT2D eigenvalue weighted by Gasteiger charge is 2.31. The second kappa shape index (κ2) is 5.23. The topological polar surface area (TPSA) is 28.4 Å². The van der Waals surface area contributed by atoms with Crippen LogP contribution in [0.15, 0.2) is 34.7 Å². The molecule has 3 heteroatoms. The van der Waals surface area contributed by atoms with Crippen LogP contribution in [0.25, 0.3) is 11.0 Å². The third kappa shape index (κ3) is 2.48. The van der Waals surface area contributed by atoms with Gasteiger partial charge in [0.15, 0.2) is 0 Å². The van der Waals surface area contributed by atoms with Crippen molar-refractivity contribution in [2.45, 2.75) is 38.3 Å². The number of para-hydroxylation sites is 1. The Morgan fingerprint density at radius 2 is 1.95 bits per heavy atom. The fourth-order valence-corrected chi connectivity index (χ4v) is 3.04. The first kappa shape index (κ1) is 13.7. The van der Waals surface area contributed by atoms with E-state index < -0.39 is 0 Å². The molecule has 108 valence electrons. The summed E-state index contributed by atoms with van der Waals surface area (Å²) in [4.78, 5) is 2.52. The molecule has 0 aliphatic carbocycles. The summed E-state index contributed by atoms with van der Waals surface area (Å²) in [6, 6.07) is 10.8. The largest absolute Gasteiger partial charge is 0.459 e. The molecule has 1 aromatic carbocycles. The van der Waals surface area contributed by atoms with E-state index in [0.717, 1.165) is 24.4 Å². The van der Waals surface area contributed by atoms with Gasteiger partial charge in [0.2, 0.25) is 0 Å². The molecule has 2 heterocycles. The molecule has 1 atom stereocenters. The summed E-state index contributed by atoms with van der Waals surface area (Å²) < 4.78 is 6.00. The molecule has 1 unspecified atom stereocenters. The second-order valence-corrected chi connectivity index (χ2v) is 6.21. The SMILES string of the molecule is CNC1(C)CCN(C(C)c2cc3ccccc3o2)CC1. The summed E-state index contributed by atoms with van der Waals surface area (Å²) in [6.07, 6.45) is 2.38. The molecule has 2 aromatic rings. The normalized spacial score (nSPS) is 21.1. The molecule has 1 saturated heterocycles. The first-order valence-electron chi connectivity index (χ1n) is 7.53. The van der Waals surface area contributed by atoms with Gasteiger partial charge in [0.25, 0.3) is 0 Å². The number of likely N-dealkylation sites (tertiary alicyclic amines) is 1. The van der Waals surface area contributed by atoms with Crippen LogP contribution in [0.4, 0.5) is 0 Å². The van der Waals surface area contributed by atoms with E-state index in [1.165, 1.54) is 18.2 Å². The lowest BCUT2D eigenvalue weighted by Gasteiger charge is -2.41. The van der Waals surface area contributed by atoms with Gasteiger partial charge in [-0.3, -0.25) is 4.90 Å². The molecule has 0 amide bonds. The molecule has 0 radical (unpaired) electrons. The van der Waals surface area contributed by atoms with Gasteiger partial charge >= 0.3 is 0 Å². The minimum atomic E-state index is 0.296. The number of nitrogens with one attached hydrogen (secondary N) is 1. The average Bonchev–Trinajstić information content (AvgIpc) is 2.91. The smallest absolute Gasteiger partial charge is 0.134 e. The number of hydrogen-bond donors (Lipinski definition) is 1. The number of hydrogen-bond acceptors (Lipinski definition) is 3. The summed E-state index contributed by atoms with van der Waals surface area (Å²) in [5.41, 5.74) is 1.29. The van der Waals surface area contributed by atoms with E-state index in [-0.39, 0.29) is 0 Å². The fourth-order valence-electron chi connectivity index (χ4n) is 3.04. The minimum Gasteiger partial charge on any atom is -0.459 e. The van der Waals surface area contributed by atoms with Gasteiger partial charge in [-0.05, 0) is 45.9 Å². The van der Waals surface area contributed by atoms with Crippen LogP contribution in [0.5, 0.6) is 0 Å². The highest BCUT2D eigenvalue weighted by molar-refractivity contribution is 5.77. The molecule has 3 nitrogen and oxygen atoms in total. The zero-order chi connectivity index (χ0) is 14.2. The zero-order valence-electron chi connectivity index (χ0n) is 12.6. The highest BCUT2D eigenvalue weighted by Crippen LogP contribution is 2.31. The van der Waals surface area contributed by atoms with Gasteiger partial charge in [-0.2, -0.15) is 0 Å². The van der Waals surface area contributed by atoms with Crippen molar-refractivity contribution in [3.05, 3.63) is 36.1 Å². The van der Waals surface area contributed by atoms with Gasteiger partial charge in [-0.1, -0.05) is 18.2 Å². The molecule has 0 saturated carbocycles. The van der Waals surface area contributed by atoms with Crippen LogP contribution in [-0.4, -0.2) is 30.6 Å². The molecule has 1 aromatic heterocycles. The van der Waals surface area contributed by atoms with E-state index in [1.807, 2.05) is 12.1 Å². The first-order chi connectivity index (χ1) is 9.61. The first-order valence-corrected chi connectivity index (χ1v) is 7.53. The molecule has 1 aliphatic heterocycles. The van der Waals surface area contributed by atoms with Gasteiger partial charge in [0, 0.05) is 24.0 Å². The Morgan fingerprint density at radius 1 is 1.25 bits per heavy atom. The second-order valence-electron chi connectivity index (χ2n) is 6.21. The summed E-state index contributed by atoms with van der Waals surface area (Å²) in [5.74, 6) is 1.08. The van der Waals surface area contributed by atoms with Crippen LogP contribution in [0, 0.1) is 0 Å². The predicted molar refractivity (Wildman–Crippen MR) is 82.9 cm³/mol. The minimum absolute atomic E-state index is 0.296. The summed E-state index contributed by atoms with van der Waals surface area (Å²) in [7, 11) is 2.07. The lowest BCUT2D eigenvalue weighted by molar-refractivity contribution is 0.108. The molecular weight excluding hydrogens is 248 g/mol. The van der Waals surface area contributed by atoms with Gasteiger partial charge in [0.1, 0.15) is 11.3 Å². The van der Waals surface area contributed by atoms with Crippen molar-refractivity contribution < 1.29 is 4.42 Å². The van der Waals surface area contributed by atoms with Crippen molar-refractivity contribution in [1.29, 1.82) is 0 Å². The van der Waals surface area contributed by atoms with Gasteiger partial charge in [-0.15, -0.1) is 0 Å². The van der Waals surface area contributed by atoms with Crippen LogP contribution in [0.1, 0.15) is 38.5 Å². The molecule has 3 rings (SSSR count). The predicted octanol–water partition coefficient (Wildman–Crippen LogP) is 3.57. The molecule has 1 N–H and O–H groups in total. The highest BCUT2D eigenvalue weighted by atomic mass is 16.3. The molecule has 1 fully saturated rings. The van der Waals surface area contributed by atoms with Crippen molar-refractivity contribution in [2.75, 3.05) is 20.1 Å². The van der Waals surface area contributed by atoms with Crippen LogP contribution in [-0.2, 0) is 0 Å². The van der Waals surface area contributed by atoms with Crippen LogP contribution >= 0.6 is 0 Å². The van der Waals surface area contributed by atoms with E-state index in [9.17, 15) is 0 Å². The quantitative estimate of drug-likeness (QED) is 0.926. The Bertz CT molecular complexity index is 548. The molecule has 1 aliphatic rings. The Kier molecular flexibility index (Phi) is 3.57. The standard InChI is InChI=1S/C17H24N2O/c1-13(19-10-8-17(2,18-3)9-11-19)16-12-14-6-4-5-7-15(14)20-16/h4-7,12-13,18H,8-11H2,1-3H3. The summed E-state index contributed by atoms with van der Waals surface area (Å²) in [5, 5.41) is 4.65. The Hall–Kier alpha value is -1.32. The van der Waals surface area contributed by atoms with Crippen molar-refractivity contribution >= 4 is 11.0 Å². The maximum absolute atomic E-state index is 6.00. The summed E-state index contributed by atoms with van der Waals surface area (Å²) in [6.45, 7) is 6.81. The maximum Gasteiger partial charge on any atom is 0.134 e. The Balaban J connectivity index is 1.74. The van der Waals surface area contributed by atoms with Crippen LogP contribution < -0.4 is 5.32 Å².